The summed E-state index contributed by atoms with van der Waals surface area (Å²) in [5.74, 6) is 0. The lowest BCUT2D eigenvalue weighted by atomic mass is 10.3. The van der Waals surface area contributed by atoms with E-state index in [1.807, 2.05) is 6.92 Å². The van der Waals surface area contributed by atoms with Gasteiger partial charge in [0.05, 0.1) is 10.7 Å². The maximum absolute atomic E-state index is 12.3. The highest BCUT2D eigenvalue weighted by atomic mass is 32.2. The molecule has 1 fully saturated rings. The second kappa shape index (κ2) is 4.06. The smallest absolute Gasteiger partial charge is 0.254 e. The zero-order chi connectivity index (χ0) is 11.9. The van der Waals surface area contributed by atoms with Gasteiger partial charge in [0.1, 0.15) is 0 Å². The van der Waals surface area contributed by atoms with Crippen LogP contribution in [0.15, 0.2) is 4.21 Å². The van der Waals surface area contributed by atoms with Crippen LogP contribution in [0.5, 0.6) is 0 Å². The van der Waals surface area contributed by atoms with E-state index in [-0.39, 0.29) is 6.04 Å². The molecule has 2 rings (SSSR count). The molecule has 0 radical (unpaired) electrons. The predicted octanol–water partition coefficient (Wildman–Crippen LogP) is 0.482. The SMILES string of the molecule is Cc1nc(C)c(S(=O)(=O)N2CCC(N)C2)s1. The number of hydrogen-bond acceptors (Lipinski definition) is 5. The van der Waals surface area contributed by atoms with Gasteiger partial charge in [-0.2, -0.15) is 4.31 Å². The lowest BCUT2D eigenvalue weighted by Gasteiger charge is -2.14. The van der Waals surface area contributed by atoms with Crippen molar-refractivity contribution in [2.75, 3.05) is 13.1 Å². The molecule has 1 atom stereocenters. The lowest BCUT2D eigenvalue weighted by molar-refractivity contribution is 0.473. The number of aromatic nitrogens is 1. The average Bonchev–Trinajstić information content (AvgIpc) is 2.73. The molecular formula is C9H15N3O2S2. The molecule has 90 valence electrons. The molecule has 1 aromatic rings. The molecule has 1 aliphatic heterocycles. The summed E-state index contributed by atoms with van der Waals surface area (Å²) in [5.41, 5.74) is 6.31. The van der Waals surface area contributed by atoms with Crippen molar-refractivity contribution in [1.29, 1.82) is 0 Å². The molecule has 0 aliphatic carbocycles. The fraction of sp³-hybridized carbons (Fsp3) is 0.667. The zero-order valence-electron chi connectivity index (χ0n) is 9.30. The van der Waals surface area contributed by atoms with Gasteiger partial charge < -0.3 is 5.73 Å². The van der Waals surface area contributed by atoms with Crippen LogP contribution >= 0.6 is 11.3 Å². The number of nitrogens with zero attached hydrogens (tertiary/aromatic N) is 2. The zero-order valence-corrected chi connectivity index (χ0v) is 10.9. The van der Waals surface area contributed by atoms with E-state index in [4.69, 9.17) is 5.73 Å². The summed E-state index contributed by atoms with van der Waals surface area (Å²) in [6.07, 6.45) is 0.732. The summed E-state index contributed by atoms with van der Waals surface area (Å²) in [6.45, 7) is 4.47. The molecule has 2 heterocycles. The Balaban J connectivity index is 2.36. The van der Waals surface area contributed by atoms with E-state index in [1.54, 1.807) is 6.92 Å². The van der Waals surface area contributed by atoms with Crippen molar-refractivity contribution in [3.63, 3.8) is 0 Å². The Morgan fingerprint density at radius 1 is 1.50 bits per heavy atom. The van der Waals surface area contributed by atoms with E-state index in [2.05, 4.69) is 4.98 Å². The molecule has 1 unspecified atom stereocenters. The van der Waals surface area contributed by atoms with Crippen LogP contribution in [0, 0.1) is 13.8 Å². The summed E-state index contributed by atoms with van der Waals surface area (Å²) < 4.78 is 26.3. The average molecular weight is 261 g/mol. The first-order chi connectivity index (χ1) is 7.41. The van der Waals surface area contributed by atoms with Gasteiger partial charge in [-0.3, -0.25) is 0 Å². The minimum atomic E-state index is -3.37. The molecule has 2 N–H and O–H groups in total. The van der Waals surface area contributed by atoms with Gasteiger partial charge in [-0.1, -0.05) is 0 Å². The summed E-state index contributed by atoms with van der Waals surface area (Å²) in [4.78, 5) is 4.15. The number of sulfonamides is 1. The Hall–Kier alpha value is -0.500. The molecule has 1 aromatic heterocycles. The third-order valence-electron chi connectivity index (χ3n) is 2.62. The first-order valence-electron chi connectivity index (χ1n) is 5.11. The summed E-state index contributed by atoms with van der Waals surface area (Å²) in [5, 5.41) is 0.777. The van der Waals surface area contributed by atoms with Crippen LogP contribution < -0.4 is 5.73 Å². The Kier molecular flexibility index (Phi) is 3.04. The van der Waals surface area contributed by atoms with Crippen LogP contribution in [-0.4, -0.2) is 36.8 Å². The maximum Gasteiger partial charge on any atom is 0.254 e. The van der Waals surface area contributed by atoms with E-state index >= 15 is 0 Å². The third kappa shape index (κ3) is 2.00. The van der Waals surface area contributed by atoms with Crippen molar-refractivity contribution in [3.05, 3.63) is 10.7 Å². The van der Waals surface area contributed by atoms with Crippen molar-refractivity contribution >= 4 is 21.4 Å². The molecule has 1 aliphatic rings. The monoisotopic (exact) mass is 261 g/mol. The standard InChI is InChI=1S/C9H15N3O2S2/c1-6-9(15-7(2)11-6)16(13,14)12-4-3-8(10)5-12/h8H,3-5,10H2,1-2H3. The number of thiazole rings is 1. The van der Waals surface area contributed by atoms with Gasteiger partial charge in [0.15, 0.2) is 4.21 Å². The number of nitrogens with two attached hydrogens (primary N) is 1. The summed E-state index contributed by atoms with van der Waals surface area (Å²) in [7, 11) is -3.37. The Labute approximate surface area is 99.3 Å². The molecule has 5 nitrogen and oxygen atoms in total. The van der Waals surface area contributed by atoms with Gasteiger partial charge in [0, 0.05) is 19.1 Å². The van der Waals surface area contributed by atoms with Gasteiger partial charge in [-0.05, 0) is 20.3 Å². The van der Waals surface area contributed by atoms with E-state index in [9.17, 15) is 8.42 Å². The second-order valence-electron chi connectivity index (χ2n) is 4.02. The number of rotatable bonds is 2. The quantitative estimate of drug-likeness (QED) is 0.840. The molecule has 1 saturated heterocycles. The lowest BCUT2D eigenvalue weighted by Crippen LogP contribution is -2.31. The van der Waals surface area contributed by atoms with Crippen molar-refractivity contribution in [2.45, 2.75) is 30.5 Å². The van der Waals surface area contributed by atoms with E-state index in [1.165, 1.54) is 15.6 Å². The largest absolute Gasteiger partial charge is 0.326 e. The van der Waals surface area contributed by atoms with E-state index in [0.29, 0.717) is 23.0 Å². The van der Waals surface area contributed by atoms with Gasteiger partial charge in [0.25, 0.3) is 10.0 Å². The minimum absolute atomic E-state index is 0.0379. The highest BCUT2D eigenvalue weighted by Gasteiger charge is 2.33. The van der Waals surface area contributed by atoms with Crippen LogP contribution in [0.4, 0.5) is 0 Å². The Bertz CT molecular complexity index is 495. The molecule has 0 spiro atoms. The Morgan fingerprint density at radius 3 is 2.62 bits per heavy atom. The first kappa shape index (κ1) is 12.0. The molecular weight excluding hydrogens is 246 g/mol. The normalized spacial score (nSPS) is 22.8. The topological polar surface area (TPSA) is 76.3 Å². The number of hydrogen-bond donors (Lipinski definition) is 1. The maximum atomic E-state index is 12.3. The molecule has 0 amide bonds. The van der Waals surface area contributed by atoms with Gasteiger partial charge >= 0.3 is 0 Å². The molecule has 7 heteroatoms. The summed E-state index contributed by atoms with van der Waals surface area (Å²) in [6, 6.07) is -0.0379. The molecule has 0 aromatic carbocycles. The highest BCUT2D eigenvalue weighted by molar-refractivity contribution is 7.91. The number of aryl methyl sites for hydroxylation is 2. The van der Waals surface area contributed by atoms with Crippen LogP contribution in [0.25, 0.3) is 0 Å². The fourth-order valence-electron chi connectivity index (χ4n) is 1.84. The molecule has 16 heavy (non-hydrogen) atoms. The van der Waals surface area contributed by atoms with Crippen molar-refractivity contribution < 1.29 is 8.42 Å². The van der Waals surface area contributed by atoms with Crippen molar-refractivity contribution in [2.24, 2.45) is 5.73 Å². The molecule has 0 bridgehead atoms. The van der Waals surface area contributed by atoms with E-state index < -0.39 is 10.0 Å². The predicted molar refractivity (Wildman–Crippen MR) is 62.9 cm³/mol. The van der Waals surface area contributed by atoms with Crippen molar-refractivity contribution in [1.82, 2.24) is 9.29 Å². The van der Waals surface area contributed by atoms with Gasteiger partial charge in [-0.15, -0.1) is 11.3 Å². The van der Waals surface area contributed by atoms with Gasteiger partial charge in [0.2, 0.25) is 0 Å². The fourth-order valence-corrected chi connectivity index (χ4v) is 4.97. The Morgan fingerprint density at radius 2 is 2.19 bits per heavy atom. The van der Waals surface area contributed by atoms with Crippen molar-refractivity contribution in [3.8, 4) is 0 Å². The van der Waals surface area contributed by atoms with Crippen LogP contribution in [0.3, 0.4) is 0 Å². The third-order valence-corrected chi connectivity index (χ3v) is 6.15. The van der Waals surface area contributed by atoms with Gasteiger partial charge in [-0.25, -0.2) is 13.4 Å². The van der Waals surface area contributed by atoms with E-state index in [0.717, 1.165) is 11.4 Å². The second-order valence-corrected chi connectivity index (χ2v) is 7.35. The highest BCUT2D eigenvalue weighted by Crippen LogP contribution is 2.28. The van der Waals surface area contributed by atoms with Crippen LogP contribution in [0.1, 0.15) is 17.1 Å². The van der Waals surface area contributed by atoms with Crippen LogP contribution in [0.2, 0.25) is 0 Å². The molecule has 0 saturated carbocycles. The van der Waals surface area contributed by atoms with Crippen LogP contribution in [-0.2, 0) is 10.0 Å². The first-order valence-corrected chi connectivity index (χ1v) is 7.36. The summed E-state index contributed by atoms with van der Waals surface area (Å²) >= 11 is 1.23. The minimum Gasteiger partial charge on any atom is -0.326 e.